The maximum Gasteiger partial charge on any atom is 0.333 e. The van der Waals surface area contributed by atoms with Crippen LogP contribution in [0.2, 0.25) is 5.02 Å². The van der Waals surface area contributed by atoms with Crippen molar-refractivity contribution in [3.05, 3.63) is 46.7 Å². The normalized spacial score (nSPS) is 10.8. The molecule has 2 aromatic rings. The number of aryl methyl sites for hydroxylation is 1. The molecule has 1 aromatic heterocycles. The molecule has 0 radical (unpaired) electrons. The highest BCUT2D eigenvalue weighted by atomic mass is 35.5. The number of carbonyl (C=O) groups excluding carboxylic acids is 1. The largest absolute Gasteiger partial charge is 0.333 e. The molecular formula is C12H10ClF2N3O. The number of alkyl halides is 2. The van der Waals surface area contributed by atoms with Gasteiger partial charge >= 0.3 is 6.55 Å². The van der Waals surface area contributed by atoms with Gasteiger partial charge in [-0.05, 0) is 30.7 Å². The minimum atomic E-state index is -2.86. The van der Waals surface area contributed by atoms with Gasteiger partial charge in [0, 0.05) is 16.9 Å². The number of benzene rings is 1. The van der Waals surface area contributed by atoms with Crippen molar-refractivity contribution in [2.75, 3.05) is 5.32 Å². The monoisotopic (exact) mass is 285 g/mol. The second-order valence-corrected chi connectivity index (χ2v) is 4.29. The van der Waals surface area contributed by atoms with Gasteiger partial charge in [-0.1, -0.05) is 17.7 Å². The van der Waals surface area contributed by atoms with E-state index in [1.165, 1.54) is 6.07 Å². The van der Waals surface area contributed by atoms with Crippen molar-refractivity contribution in [1.82, 2.24) is 9.78 Å². The van der Waals surface area contributed by atoms with Crippen LogP contribution in [-0.2, 0) is 0 Å². The van der Waals surface area contributed by atoms with Crippen LogP contribution in [0.25, 0.3) is 0 Å². The van der Waals surface area contributed by atoms with Crippen LogP contribution in [0.4, 0.5) is 14.5 Å². The number of anilines is 1. The Labute approximate surface area is 113 Å². The Balaban J connectivity index is 2.26. The van der Waals surface area contributed by atoms with Crippen LogP contribution in [0.1, 0.15) is 22.6 Å². The highest BCUT2D eigenvalue weighted by molar-refractivity contribution is 6.31. The molecule has 0 fully saturated rings. The first-order valence-electron chi connectivity index (χ1n) is 5.38. The highest BCUT2D eigenvalue weighted by Gasteiger charge is 2.18. The van der Waals surface area contributed by atoms with Gasteiger partial charge in [-0.3, -0.25) is 4.79 Å². The number of halogens is 3. The fraction of sp³-hybridized carbons (Fsp3) is 0.167. The number of amides is 1. The van der Waals surface area contributed by atoms with Crippen LogP contribution in [0, 0.1) is 6.92 Å². The second kappa shape index (κ2) is 5.36. The van der Waals surface area contributed by atoms with Crippen LogP contribution < -0.4 is 5.32 Å². The van der Waals surface area contributed by atoms with Gasteiger partial charge in [0.2, 0.25) is 0 Å². The molecule has 0 unspecified atom stereocenters. The quantitative estimate of drug-likeness (QED) is 0.938. The van der Waals surface area contributed by atoms with Gasteiger partial charge in [-0.2, -0.15) is 18.6 Å². The molecule has 7 heteroatoms. The van der Waals surface area contributed by atoms with Gasteiger partial charge in [0.25, 0.3) is 5.91 Å². The smallest absolute Gasteiger partial charge is 0.320 e. The maximum atomic E-state index is 12.6. The summed E-state index contributed by atoms with van der Waals surface area (Å²) in [4.78, 5) is 11.9. The lowest BCUT2D eigenvalue weighted by atomic mass is 10.2. The number of rotatable bonds is 3. The number of hydrogen-bond acceptors (Lipinski definition) is 2. The minimum Gasteiger partial charge on any atom is -0.320 e. The van der Waals surface area contributed by atoms with Crippen LogP contribution >= 0.6 is 11.6 Å². The molecule has 1 aromatic carbocycles. The summed E-state index contributed by atoms with van der Waals surface area (Å²) in [6.07, 6.45) is 1.14. The molecule has 1 heterocycles. The van der Waals surface area contributed by atoms with E-state index >= 15 is 0 Å². The van der Waals surface area contributed by atoms with Crippen molar-refractivity contribution in [1.29, 1.82) is 0 Å². The van der Waals surface area contributed by atoms with E-state index < -0.39 is 12.5 Å². The van der Waals surface area contributed by atoms with Crippen molar-refractivity contribution in [2.45, 2.75) is 13.5 Å². The molecule has 0 spiro atoms. The zero-order valence-corrected chi connectivity index (χ0v) is 10.7. The third-order valence-corrected chi connectivity index (χ3v) is 2.77. The van der Waals surface area contributed by atoms with Gasteiger partial charge in [-0.15, -0.1) is 0 Å². The summed E-state index contributed by atoms with van der Waals surface area (Å²) in [6.45, 7) is -1.09. The lowest BCUT2D eigenvalue weighted by Crippen LogP contribution is -2.18. The molecule has 0 saturated heterocycles. The molecule has 1 N–H and O–H groups in total. The zero-order chi connectivity index (χ0) is 14.0. The molecular weight excluding hydrogens is 276 g/mol. The molecule has 1 amide bonds. The second-order valence-electron chi connectivity index (χ2n) is 3.85. The van der Waals surface area contributed by atoms with Crippen LogP contribution in [-0.4, -0.2) is 15.7 Å². The van der Waals surface area contributed by atoms with Gasteiger partial charge in [-0.25, -0.2) is 0 Å². The van der Waals surface area contributed by atoms with Crippen molar-refractivity contribution in [3.8, 4) is 0 Å². The summed E-state index contributed by atoms with van der Waals surface area (Å²) in [5, 5.41) is 6.38. The average molecular weight is 286 g/mol. The van der Waals surface area contributed by atoms with Crippen molar-refractivity contribution in [3.63, 3.8) is 0 Å². The first kappa shape index (κ1) is 13.5. The average Bonchev–Trinajstić information content (AvgIpc) is 2.83. The number of nitrogens with one attached hydrogen (secondary N) is 1. The first-order chi connectivity index (χ1) is 8.99. The first-order valence-corrected chi connectivity index (χ1v) is 5.76. The topological polar surface area (TPSA) is 46.9 Å². The molecule has 4 nitrogen and oxygen atoms in total. The Morgan fingerprint density at radius 2 is 2.16 bits per heavy atom. The van der Waals surface area contributed by atoms with E-state index in [9.17, 15) is 13.6 Å². The summed E-state index contributed by atoms with van der Waals surface area (Å²) in [5.74, 6) is -0.664. The Hall–Kier alpha value is -1.95. The van der Waals surface area contributed by atoms with E-state index in [1.54, 1.807) is 25.1 Å². The number of carbonyl (C=O) groups is 1. The molecule has 0 aliphatic heterocycles. The molecule has 0 saturated carbocycles. The van der Waals surface area contributed by atoms with Crippen molar-refractivity contribution >= 4 is 23.2 Å². The number of nitrogens with zero attached hydrogens (tertiary/aromatic N) is 2. The summed E-state index contributed by atoms with van der Waals surface area (Å²) < 4.78 is 25.6. The molecule has 2 rings (SSSR count). The fourth-order valence-corrected chi connectivity index (χ4v) is 1.74. The number of aromatic nitrogens is 2. The van der Waals surface area contributed by atoms with E-state index in [0.717, 1.165) is 11.8 Å². The van der Waals surface area contributed by atoms with E-state index in [4.69, 9.17) is 11.6 Å². The summed E-state index contributed by atoms with van der Waals surface area (Å²) in [5.41, 5.74) is 1.04. The predicted molar refractivity (Wildman–Crippen MR) is 67.6 cm³/mol. The van der Waals surface area contributed by atoms with Gasteiger partial charge < -0.3 is 5.32 Å². The molecule has 0 atom stereocenters. The zero-order valence-electron chi connectivity index (χ0n) is 9.90. The van der Waals surface area contributed by atoms with Crippen molar-refractivity contribution in [2.24, 2.45) is 0 Å². The number of hydrogen-bond donors (Lipinski definition) is 1. The summed E-state index contributed by atoms with van der Waals surface area (Å²) >= 11 is 5.82. The van der Waals surface area contributed by atoms with E-state index in [0.29, 0.717) is 15.4 Å². The molecule has 100 valence electrons. The Bertz CT molecular complexity index is 613. The predicted octanol–water partition coefficient (Wildman–Crippen LogP) is 3.49. The van der Waals surface area contributed by atoms with Crippen LogP contribution in [0.3, 0.4) is 0 Å². The van der Waals surface area contributed by atoms with Crippen LogP contribution in [0.15, 0.2) is 30.5 Å². The molecule has 0 bridgehead atoms. The Kier molecular flexibility index (Phi) is 3.80. The third kappa shape index (κ3) is 2.90. The SMILES string of the molecule is Cc1ccc(Cl)cc1NC(=O)c1ccnn1C(F)F. The van der Waals surface area contributed by atoms with Crippen molar-refractivity contribution < 1.29 is 13.6 Å². The lowest BCUT2D eigenvalue weighted by molar-refractivity contribution is 0.0520. The van der Waals surface area contributed by atoms with E-state index in [-0.39, 0.29) is 5.69 Å². The van der Waals surface area contributed by atoms with E-state index in [1.807, 2.05) is 0 Å². The fourth-order valence-electron chi connectivity index (χ4n) is 1.56. The van der Waals surface area contributed by atoms with Crippen LogP contribution in [0.5, 0.6) is 0 Å². The van der Waals surface area contributed by atoms with Gasteiger partial charge in [0.15, 0.2) is 0 Å². The van der Waals surface area contributed by atoms with E-state index in [2.05, 4.69) is 10.4 Å². The summed E-state index contributed by atoms with van der Waals surface area (Å²) in [7, 11) is 0. The highest BCUT2D eigenvalue weighted by Crippen LogP contribution is 2.21. The minimum absolute atomic E-state index is 0.214. The lowest BCUT2D eigenvalue weighted by Gasteiger charge is -2.10. The summed E-state index contributed by atoms with van der Waals surface area (Å²) in [6, 6.07) is 6.18. The maximum absolute atomic E-state index is 12.6. The Morgan fingerprint density at radius 1 is 1.42 bits per heavy atom. The Morgan fingerprint density at radius 3 is 2.84 bits per heavy atom. The van der Waals surface area contributed by atoms with Gasteiger partial charge in [0.05, 0.1) is 0 Å². The van der Waals surface area contributed by atoms with Gasteiger partial charge in [0.1, 0.15) is 5.69 Å². The molecule has 0 aliphatic rings. The third-order valence-electron chi connectivity index (χ3n) is 2.54. The molecule has 0 aliphatic carbocycles. The molecule has 19 heavy (non-hydrogen) atoms. The standard InChI is InChI=1S/C12H10ClF2N3O/c1-7-2-3-8(13)6-9(7)17-11(19)10-4-5-16-18(10)12(14)15/h2-6,12H,1H3,(H,17,19).